The molecule has 0 heterocycles. The first-order valence-electron chi connectivity index (χ1n) is 5.75. The fraction of sp³-hybridized carbons (Fsp3) is 0.385. The lowest BCUT2D eigenvalue weighted by Gasteiger charge is -2.06. The molecule has 0 aliphatic carbocycles. The smallest absolute Gasteiger partial charge is 0.251 e. The topological polar surface area (TPSA) is 110 Å². The van der Waals surface area contributed by atoms with Gasteiger partial charge in [0.25, 0.3) is 11.8 Å². The Labute approximate surface area is 113 Å². The van der Waals surface area contributed by atoms with Crippen molar-refractivity contribution in [3.63, 3.8) is 0 Å². The van der Waals surface area contributed by atoms with Crippen molar-refractivity contribution >= 4 is 11.8 Å². The summed E-state index contributed by atoms with van der Waals surface area (Å²) in [6.07, 6.45) is 0. The van der Waals surface area contributed by atoms with Gasteiger partial charge in [-0.3, -0.25) is 9.59 Å². The third-order valence-electron chi connectivity index (χ3n) is 2.25. The Morgan fingerprint density at radius 3 is 1.74 bits per heavy atom. The molecule has 0 aromatic heterocycles. The predicted octanol–water partition coefficient (Wildman–Crippen LogP) is -0.300. The standard InChI is InChI=1S/C12H18N4O2.CH4/c13-4-6-15-11(17)9-2-1-3-10(8-9)12(18)16-7-5-14;/h1-3,8H,4-7,13-14H2,(H,15,17)(H,16,18);1H4. The van der Waals surface area contributed by atoms with Crippen LogP contribution < -0.4 is 22.1 Å². The molecular weight excluding hydrogens is 244 g/mol. The summed E-state index contributed by atoms with van der Waals surface area (Å²) in [6.45, 7) is 1.57. The molecule has 2 amide bonds. The molecule has 19 heavy (non-hydrogen) atoms. The summed E-state index contributed by atoms with van der Waals surface area (Å²) in [6, 6.07) is 6.49. The molecule has 0 bridgehead atoms. The van der Waals surface area contributed by atoms with Gasteiger partial charge in [-0.05, 0) is 18.2 Å². The van der Waals surface area contributed by atoms with E-state index >= 15 is 0 Å². The second-order valence-corrected chi connectivity index (χ2v) is 3.67. The number of carbonyl (C=O) groups is 2. The number of hydrogen-bond donors (Lipinski definition) is 4. The molecule has 0 aliphatic heterocycles. The molecule has 0 unspecified atom stereocenters. The summed E-state index contributed by atoms with van der Waals surface area (Å²) in [5, 5.41) is 5.28. The maximum Gasteiger partial charge on any atom is 0.251 e. The number of amides is 2. The van der Waals surface area contributed by atoms with Gasteiger partial charge in [-0.25, -0.2) is 0 Å². The van der Waals surface area contributed by atoms with E-state index in [2.05, 4.69) is 10.6 Å². The van der Waals surface area contributed by atoms with Crippen LogP contribution in [0.15, 0.2) is 24.3 Å². The molecule has 1 rings (SSSR count). The van der Waals surface area contributed by atoms with Crippen LogP contribution in [0.2, 0.25) is 0 Å². The molecule has 0 atom stereocenters. The van der Waals surface area contributed by atoms with Crippen LogP contribution in [-0.2, 0) is 0 Å². The molecule has 6 heteroatoms. The number of rotatable bonds is 6. The summed E-state index contributed by atoms with van der Waals surface area (Å²) < 4.78 is 0. The van der Waals surface area contributed by atoms with Crippen LogP contribution in [0.5, 0.6) is 0 Å². The van der Waals surface area contributed by atoms with Crippen molar-refractivity contribution in [1.29, 1.82) is 0 Å². The van der Waals surface area contributed by atoms with Gasteiger partial charge >= 0.3 is 0 Å². The molecular formula is C13H22N4O2. The monoisotopic (exact) mass is 266 g/mol. The molecule has 1 aromatic carbocycles. The lowest BCUT2D eigenvalue weighted by atomic mass is 10.1. The third kappa shape index (κ3) is 5.50. The van der Waals surface area contributed by atoms with Crippen LogP contribution >= 0.6 is 0 Å². The van der Waals surface area contributed by atoms with Gasteiger partial charge in [0.15, 0.2) is 0 Å². The molecule has 0 saturated carbocycles. The van der Waals surface area contributed by atoms with Gasteiger partial charge in [0, 0.05) is 37.3 Å². The predicted molar refractivity (Wildman–Crippen MR) is 75.9 cm³/mol. The highest BCUT2D eigenvalue weighted by Gasteiger charge is 2.09. The molecule has 0 saturated heterocycles. The van der Waals surface area contributed by atoms with E-state index in [1.54, 1.807) is 18.2 Å². The second kappa shape index (κ2) is 9.07. The van der Waals surface area contributed by atoms with Gasteiger partial charge in [-0.15, -0.1) is 0 Å². The minimum absolute atomic E-state index is 0. The number of hydrogen-bond acceptors (Lipinski definition) is 4. The second-order valence-electron chi connectivity index (χ2n) is 3.67. The average Bonchev–Trinajstić information content (AvgIpc) is 2.42. The molecule has 1 aromatic rings. The van der Waals surface area contributed by atoms with Crippen molar-refractivity contribution < 1.29 is 9.59 Å². The maximum atomic E-state index is 11.7. The van der Waals surface area contributed by atoms with E-state index in [4.69, 9.17) is 11.5 Å². The van der Waals surface area contributed by atoms with E-state index in [1.807, 2.05) is 0 Å². The minimum Gasteiger partial charge on any atom is -0.351 e. The SMILES string of the molecule is C.NCCNC(=O)c1cccc(C(=O)NCCN)c1. The van der Waals surface area contributed by atoms with Crippen molar-refractivity contribution in [1.82, 2.24) is 10.6 Å². The quantitative estimate of drug-likeness (QED) is 0.566. The van der Waals surface area contributed by atoms with Crippen LogP contribution in [0.4, 0.5) is 0 Å². The van der Waals surface area contributed by atoms with E-state index in [9.17, 15) is 9.59 Å². The van der Waals surface area contributed by atoms with E-state index in [0.717, 1.165) is 0 Å². The summed E-state index contributed by atoms with van der Waals surface area (Å²) in [5.41, 5.74) is 11.5. The Morgan fingerprint density at radius 2 is 1.37 bits per heavy atom. The minimum atomic E-state index is -0.242. The number of nitrogens with one attached hydrogen (secondary N) is 2. The molecule has 6 nitrogen and oxygen atoms in total. The zero-order valence-corrected chi connectivity index (χ0v) is 10.1. The first-order chi connectivity index (χ1) is 8.69. The Kier molecular flexibility index (Phi) is 8.15. The van der Waals surface area contributed by atoms with E-state index < -0.39 is 0 Å². The van der Waals surface area contributed by atoms with Crippen molar-refractivity contribution in [2.75, 3.05) is 26.2 Å². The third-order valence-corrected chi connectivity index (χ3v) is 2.25. The highest BCUT2D eigenvalue weighted by molar-refractivity contribution is 5.99. The molecule has 0 spiro atoms. The van der Waals surface area contributed by atoms with E-state index in [-0.39, 0.29) is 19.2 Å². The van der Waals surface area contributed by atoms with Crippen molar-refractivity contribution in [3.05, 3.63) is 35.4 Å². The summed E-state index contributed by atoms with van der Waals surface area (Å²) in [5.74, 6) is -0.483. The Hall–Kier alpha value is -1.92. The van der Waals surface area contributed by atoms with Crippen LogP contribution in [0.3, 0.4) is 0 Å². The number of nitrogens with two attached hydrogens (primary N) is 2. The van der Waals surface area contributed by atoms with Gasteiger partial charge in [0.05, 0.1) is 0 Å². The van der Waals surface area contributed by atoms with Crippen LogP contribution in [-0.4, -0.2) is 38.0 Å². The first-order valence-corrected chi connectivity index (χ1v) is 5.75. The zero-order chi connectivity index (χ0) is 13.4. The van der Waals surface area contributed by atoms with Gasteiger partial charge < -0.3 is 22.1 Å². The van der Waals surface area contributed by atoms with Crippen LogP contribution in [0.1, 0.15) is 28.1 Å². The van der Waals surface area contributed by atoms with Gasteiger partial charge in [0.1, 0.15) is 0 Å². The van der Waals surface area contributed by atoms with Crippen molar-refractivity contribution in [3.8, 4) is 0 Å². The van der Waals surface area contributed by atoms with Crippen molar-refractivity contribution in [2.24, 2.45) is 11.5 Å². The lowest BCUT2D eigenvalue weighted by Crippen LogP contribution is -2.30. The number of benzene rings is 1. The maximum absolute atomic E-state index is 11.7. The van der Waals surface area contributed by atoms with Gasteiger partial charge in [-0.2, -0.15) is 0 Å². The van der Waals surface area contributed by atoms with E-state index in [0.29, 0.717) is 37.3 Å². The molecule has 0 radical (unpaired) electrons. The molecule has 0 fully saturated rings. The largest absolute Gasteiger partial charge is 0.351 e. The van der Waals surface area contributed by atoms with Crippen molar-refractivity contribution in [2.45, 2.75) is 7.43 Å². The average molecular weight is 266 g/mol. The molecule has 0 aliphatic rings. The summed E-state index contributed by atoms with van der Waals surface area (Å²) in [4.78, 5) is 23.3. The van der Waals surface area contributed by atoms with Crippen LogP contribution in [0.25, 0.3) is 0 Å². The van der Waals surface area contributed by atoms with Gasteiger partial charge in [-0.1, -0.05) is 13.5 Å². The highest BCUT2D eigenvalue weighted by atomic mass is 16.2. The molecule has 6 N–H and O–H groups in total. The zero-order valence-electron chi connectivity index (χ0n) is 10.1. The van der Waals surface area contributed by atoms with Gasteiger partial charge in [0.2, 0.25) is 0 Å². The normalized spacial score (nSPS) is 9.37. The fourth-order valence-corrected chi connectivity index (χ4v) is 1.38. The fourth-order valence-electron chi connectivity index (χ4n) is 1.38. The Bertz CT molecular complexity index is 386. The number of carbonyl (C=O) groups excluding carboxylic acids is 2. The van der Waals surface area contributed by atoms with E-state index in [1.165, 1.54) is 6.07 Å². The Morgan fingerprint density at radius 1 is 0.947 bits per heavy atom. The van der Waals surface area contributed by atoms with Crippen LogP contribution in [0, 0.1) is 0 Å². The highest BCUT2D eigenvalue weighted by Crippen LogP contribution is 2.05. The Balaban J connectivity index is 0.00000324. The summed E-state index contributed by atoms with van der Waals surface area (Å²) in [7, 11) is 0. The molecule has 106 valence electrons. The summed E-state index contributed by atoms with van der Waals surface area (Å²) >= 11 is 0. The lowest BCUT2D eigenvalue weighted by molar-refractivity contribution is 0.0954. The first kappa shape index (κ1) is 17.1.